The molecule has 1 aliphatic heterocycles. The summed E-state index contributed by atoms with van der Waals surface area (Å²) in [5.74, 6) is -1.16. The molecule has 0 aromatic carbocycles. The fraction of sp³-hybridized carbons (Fsp3) is 0.800. The van der Waals surface area contributed by atoms with Gasteiger partial charge >= 0.3 is 5.97 Å². The van der Waals surface area contributed by atoms with Crippen LogP contribution in [0.4, 0.5) is 0 Å². The van der Waals surface area contributed by atoms with Crippen molar-refractivity contribution in [3.63, 3.8) is 0 Å². The molecule has 1 aliphatic rings. The summed E-state index contributed by atoms with van der Waals surface area (Å²) in [5, 5.41) is 14.4. The molecule has 1 fully saturated rings. The van der Waals surface area contributed by atoms with E-state index in [4.69, 9.17) is 5.11 Å². The number of nitrogens with one attached hydrogen (secondary N) is 2. The monoisotopic (exact) mass is 214 g/mol. The van der Waals surface area contributed by atoms with Crippen molar-refractivity contribution >= 4 is 11.9 Å². The van der Waals surface area contributed by atoms with Crippen molar-refractivity contribution in [2.75, 3.05) is 6.54 Å². The third-order valence-electron chi connectivity index (χ3n) is 2.65. The zero-order chi connectivity index (χ0) is 11.3. The molecule has 5 heteroatoms. The first-order valence-corrected chi connectivity index (χ1v) is 5.41. The topological polar surface area (TPSA) is 78.4 Å². The zero-order valence-corrected chi connectivity index (χ0v) is 8.95. The Bertz CT molecular complexity index is 237. The predicted octanol–water partition coefficient (Wildman–Crippen LogP) is 0.108. The number of aliphatic carboxylic acids is 1. The maximum atomic E-state index is 11.6. The molecule has 0 aromatic rings. The van der Waals surface area contributed by atoms with Gasteiger partial charge in [-0.15, -0.1) is 0 Å². The molecule has 0 radical (unpaired) electrons. The summed E-state index contributed by atoms with van der Waals surface area (Å²) in [6, 6.07) is -0.978. The maximum Gasteiger partial charge on any atom is 0.326 e. The minimum absolute atomic E-state index is 0.191. The van der Waals surface area contributed by atoms with Gasteiger partial charge in [-0.2, -0.15) is 0 Å². The van der Waals surface area contributed by atoms with Crippen molar-refractivity contribution in [2.24, 2.45) is 0 Å². The number of carboxylic acid groups (broad SMARTS) is 1. The van der Waals surface area contributed by atoms with E-state index in [0.29, 0.717) is 6.42 Å². The van der Waals surface area contributed by atoms with Crippen molar-refractivity contribution in [3.8, 4) is 0 Å². The fourth-order valence-corrected chi connectivity index (χ4v) is 1.69. The van der Waals surface area contributed by atoms with Gasteiger partial charge in [0, 0.05) is 0 Å². The minimum atomic E-state index is -0.971. The molecule has 0 spiro atoms. The third-order valence-corrected chi connectivity index (χ3v) is 2.65. The highest BCUT2D eigenvalue weighted by Gasteiger charge is 2.24. The summed E-state index contributed by atoms with van der Waals surface area (Å²) >= 11 is 0. The lowest BCUT2D eigenvalue weighted by Gasteiger charge is -2.24. The number of carbonyl (C=O) groups is 2. The van der Waals surface area contributed by atoms with Gasteiger partial charge in [-0.3, -0.25) is 4.79 Å². The van der Waals surface area contributed by atoms with Crippen LogP contribution >= 0.6 is 0 Å². The van der Waals surface area contributed by atoms with Crippen LogP contribution in [0.3, 0.4) is 0 Å². The van der Waals surface area contributed by atoms with Crippen LogP contribution in [0.25, 0.3) is 0 Å². The number of piperidine rings is 1. The van der Waals surface area contributed by atoms with Crippen molar-refractivity contribution in [3.05, 3.63) is 0 Å². The summed E-state index contributed by atoms with van der Waals surface area (Å²) in [5.41, 5.74) is 0. The van der Waals surface area contributed by atoms with E-state index in [9.17, 15) is 9.59 Å². The summed E-state index contributed by atoms with van der Waals surface area (Å²) in [6.07, 6.45) is 3.31. The Kier molecular flexibility index (Phi) is 4.55. The molecule has 86 valence electrons. The standard InChI is InChI=1S/C10H18N2O3/c1-2-7(10(14)15)12-9(13)8-5-3-4-6-11-8/h7-8,11H,2-6H2,1H3,(H,12,13)(H,14,15)/t7-,8-/m0/s1. The van der Waals surface area contributed by atoms with Gasteiger partial charge < -0.3 is 15.7 Å². The Hall–Kier alpha value is -1.10. The molecular weight excluding hydrogens is 196 g/mol. The van der Waals surface area contributed by atoms with Gasteiger partial charge in [-0.25, -0.2) is 4.79 Å². The third kappa shape index (κ3) is 3.51. The Morgan fingerprint density at radius 3 is 2.73 bits per heavy atom. The normalized spacial score (nSPS) is 23.1. The van der Waals surface area contributed by atoms with Crippen LogP contribution in [0.5, 0.6) is 0 Å². The number of hydrogen-bond donors (Lipinski definition) is 3. The van der Waals surface area contributed by atoms with Crippen LogP contribution < -0.4 is 10.6 Å². The van der Waals surface area contributed by atoms with Crippen LogP contribution in [0, 0.1) is 0 Å². The lowest BCUT2D eigenvalue weighted by atomic mass is 10.0. The van der Waals surface area contributed by atoms with E-state index in [0.717, 1.165) is 25.8 Å². The quantitative estimate of drug-likeness (QED) is 0.620. The van der Waals surface area contributed by atoms with E-state index in [2.05, 4.69) is 10.6 Å². The second-order valence-electron chi connectivity index (χ2n) is 3.81. The summed E-state index contributed by atoms with van der Waals surface area (Å²) in [6.45, 7) is 2.58. The van der Waals surface area contributed by atoms with Gasteiger partial charge in [0.25, 0.3) is 0 Å². The Morgan fingerprint density at radius 1 is 1.53 bits per heavy atom. The largest absolute Gasteiger partial charge is 0.480 e. The van der Waals surface area contributed by atoms with Gasteiger partial charge in [0.1, 0.15) is 6.04 Å². The number of carbonyl (C=O) groups excluding carboxylic acids is 1. The van der Waals surface area contributed by atoms with E-state index in [-0.39, 0.29) is 11.9 Å². The van der Waals surface area contributed by atoms with Gasteiger partial charge in [0.2, 0.25) is 5.91 Å². The average Bonchev–Trinajstić information content (AvgIpc) is 2.26. The molecule has 1 saturated heterocycles. The minimum Gasteiger partial charge on any atom is -0.480 e. The van der Waals surface area contributed by atoms with E-state index in [1.54, 1.807) is 6.92 Å². The second kappa shape index (κ2) is 5.70. The van der Waals surface area contributed by atoms with Crippen LogP contribution in [0.15, 0.2) is 0 Å². The van der Waals surface area contributed by atoms with Crippen molar-refractivity contribution in [1.29, 1.82) is 0 Å². The van der Waals surface area contributed by atoms with Gasteiger partial charge in [-0.05, 0) is 25.8 Å². The Labute approximate surface area is 89.2 Å². The SMILES string of the molecule is CC[C@H](NC(=O)[C@@H]1CCCCN1)C(=O)O. The van der Waals surface area contributed by atoms with Crippen LogP contribution in [-0.2, 0) is 9.59 Å². The predicted molar refractivity (Wildman–Crippen MR) is 55.5 cm³/mol. The highest BCUT2D eigenvalue weighted by molar-refractivity contribution is 5.86. The molecule has 0 aliphatic carbocycles. The van der Waals surface area contributed by atoms with Gasteiger partial charge in [0.05, 0.1) is 6.04 Å². The lowest BCUT2D eigenvalue weighted by molar-refractivity contribution is -0.142. The number of rotatable bonds is 4. The van der Waals surface area contributed by atoms with Gasteiger partial charge in [-0.1, -0.05) is 13.3 Å². The Balaban J connectivity index is 2.42. The van der Waals surface area contributed by atoms with Crippen LogP contribution in [0.1, 0.15) is 32.6 Å². The van der Waals surface area contributed by atoms with E-state index in [1.807, 2.05) is 0 Å². The summed E-state index contributed by atoms with van der Waals surface area (Å²) in [7, 11) is 0. The molecule has 5 nitrogen and oxygen atoms in total. The molecule has 3 N–H and O–H groups in total. The number of amides is 1. The van der Waals surface area contributed by atoms with E-state index < -0.39 is 12.0 Å². The summed E-state index contributed by atoms with van der Waals surface area (Å²) in [4.78, 5) is 22.3. The van der Waals surface area contributed by atoms with Crippen molar-refractivity contribution < 1.29 is 14.7 Å². The van der Waals surface area contributed by atoms with E-state index in [1.165, 1.54) is 0 Å². The average molecular weight is 214 g/mol. The Morgan fingerprint density at radius 2 is 2.27 bits per heavy atom. The first-order chi connectivity index (χ1) is 7.15. The first kappa shape index (κ1) is 12.0. The molecule has 1 heterocycles. The van der Waals surface area contributed by atoms with Gasteiger partial charge in [0.15, 0.2) is 0 Å². The highest BCUT2D eigenvalue weighted by atomic mass is 16.4. The molecule has 0 aromatic heterocycles. The van der Waals surface area contributed by atoms with Crippen molar-refractivity contribution in [1.82, 2.24) is 10.6 Å². The second-order valence-corrected chi connectivity index (χ2v) is 3.81. The molecule has 0 bridgehead atoms. The molecule has 1 rings (SSSR count). The van der Waals surface area contributed by atoms with Crippen LogP contribution in [0.2, 0.25) is 0 Å². The molecule has 0 saturated carbocycles. The molecule has 15 heavy (non-hydrogen) atoms. The summed E-state index contributed by atoms with van der Waals surface area (Å²) < 4.78 is 0. The maximum absolute atomic E-state index is 11.6. The number of hydrogen-bond acceptors (Lipinski definition) is 3. The number of carboxylic acids is 1. The van der Waals surface area contributed by atoms with Crippen molar-refractivity contribution in [2.45, 2.75) is 44.7 Å². The molecular formula is C10H18N2O3. The highest BCUT2D eigenvalue weighted by Crippen LogP contribution is 2.07. The smallest absolute Gasteiger partial charge is 0.326 e. The van der Waals surface area contributed by atoms with Crippen LogP contribution in [-0.4, -0.2) is 35.6 Å². The van der Waals surface area contributed by atoms with E-state index >= 15 is 0 Å². The first-order valence-electron chi connectivity index (χ1n) is 5.41. The zero-order valence-electron chi connectivity index (χ0n) is 8.95. The lowest BCUT2D eigenvalue weighted by Crippen LogP contribution is -2.51. The molecule has 1 amide bonds. The fourth-order valence-electron chi connectivity index (χ4n) is 1.69. The molecule has 0 unspecified atom stereocenters. The molecule has 2 atom stereocenters.